The zero-order valence-corrected chi connectivity index (χ0v) is 16.5. The maximum absolute atomic E-state index is 12.8. The van der Waals surface area contributed by atoms with Gasteiger partial charge in [0.25, 0.3) is 0 Å². The van der Waals surface area contributed by atoms with Crippen LogP contribution in [-0.4, -0.2) is 34.4 Å². The number of rotatable bonds is 3. The second kappa shape index (κ2) is 6.76. The van der Waals surface area contributed by atoms with E-state index in [1.807, 2.05) is 36.4 Å². The molecule has 0 amide bonds. The van der Waals surface area contributed by atoms with Gasteiger partial charge in [-0.3, -0.25) is 15.6 Å². The minimum atomic E-state index is -0.0796. The summed E-state index contributed by atoms with van der Waals surface area (Å²) >= 11 is 1.47. The van der Waals surface area contributed by atoms with E-state index in [1.165, 1.54) is 11.8 Å². The van der Waals surface area contributed by atoms with Crippen molar-refractivity contribution in [3.63, 3.8) is 0 Å². The molecule has 0 bridgehead atoms. The van der Waals surface area contributed by atoms with E-state index in [4.69, 9.17) is 4.42 Å². The maximum Gasteiger partial charge on any atom is 0.174 e. The van der Waals surface area contributed by atoms with E-state index in [9.17, 15) is 4.79 Å². The van der Waals surface area contributed by atoms with E-state index in [0.717, 1.165) is 57.7 Å². The lowest BCUT2D eigenvalue weighted by Crippen LogP contribution is -2.51. The van der Waals surface area contributed by atoms with Crippen LogP contribution >= 0.6 is 11.8 Å². The van der Waals surface area contributed by atoms with Gasteiger partial charge in [-0.25, -0.2) is 4.98 Å². The summed E-state index contributed by atoms with van der Waals surface area (Å²) in [6.45, 7) is 0.827. The van der Waals surface area contributed by atoms with Gasteiger partial charge in [0.1, 0.15) is 5.76 Å². The van der Waals surface area contributed by atoms with Gasteiger partial charge in [0.15, 0.2) is 16.0 Å². The van der Waals surface area contributed by atoms with Crippen molar-refractivity contribution in [2.24, 2.45) is 0 Å². The number of ketones is 1. The summed E-state index contributed by atoms with van der Waals surface area (Å²) in [6, 6.07) is 12.3. The van der Waals surface area contributed by atoms with Crippen molar-refractivity contribution < 1.29 is 9.21 Å². The fourth-order valence-corrected chi connectivity index (χ4v) is 5.47. The fraction of sp³-hybridized carbons (Fsp3) is 0.333. The third-order valence-electron chi connectivity index (χ3n) is 5.98. The van der Waals surface area contributed by atoms with Gasteiger partial charge in [0, 0.05) is 24.2 Å². The lowest BCUT2D eigenvalue weighted by atomic mass is 9.76. The number of aromatic nitrogens is 2. The second-order valence-corrected chi connectivity index (χ2v) is 8.76. The SMILES string of the molecule is O=C1CCCC2=C1C(c1ccc(Sc3nc4ccccc4[nH]3)o1)C1NNCC1N2. The summed E-state index contributed by atoms with van der Waals surface area (Å²) in [6.07, 6.45) is 2.46. The number of carbonyl (C=O) groups excluding carboxylic acids is 1. The molecule has 3 aromatic rings. The number of allylic oxidation sites excluding steroid dienone is 1. The number of hydrogen-bond acceptors (Lipinski definition) is 7. The van der Waals surface area contributed by atoms with Gasteiger partial charge in [-0.15, -0.1) is 0 Å². The number of hydrazine groups is 1. The number of hydrogen-bond donors (Lipinski definition) is 4. The Labute approximate surface area is 171 Å². The fourth-order valence-electron chi connectivity index (χ4n) is 4.70. The molecule has 3 atom stereocenters. The minimum absolute atomic E-state index is 0.0796. The maximum atomic E-state index is 12.8. The number of nitrogens with one attached hydrogen (secondary N) is 4. The Kier molecular flexibility index (Phi) is 4.04. The molecule has 1 aliphatic carbocycles. The number of benzene rings is 1. The van der Waals surface area contributed by atoms with Gasteiger partial charge in [-0.1, -0.05) is 12.1 Å². The first-order chi connectivity index (χ1) is 14.3. The summed E-state index contributed by atoms with van der Waals surface area (Å²) in [4.78, 5) is 20.7. The van der Waals surface area contributed by atoms with Crippen LogP contribution in [0.1, 0.15) is 30.9 Å². The summed E-state index contributed by atoms with van der Waals surface area (Å²) in [5.74, 6) is 0.988. The third kappa shape index (κ3) is 2.90. The quantitative estimate of drug-likeness (QED) is 0.530. The summed E-state index contributed by atoms with van der Waals surface area (Å²) in [5, 5.41) is 5.15. The Bertz CT molecular complexity index is 1100. The molecule has 1 saturated heterocycles. The normalized spacial score (nSPS) is 26.5. The minimum Gasteiger partial charge on any atom is -0.454 e. The van der Waals surface area contributed by atoms with Crippen molar-refractivity contribution in [3.05, 3.63) is 53.4 Å². The van der Waals surface area contributed by atoms with E-state index in [1.54, 1.807) is 0 Å². The number of Topliss-reactive ketones (excluding diaryl/α,β-unsaturated/α-hetero) is 1. The van der Waals surface area contributed by atoms with E-state index < -0.39 is 0 Å². The number of nitrogens with zero attached hydrogens (tertiary/aromatic N) is 1. The molecule has 0 radical (unpaired) electrons. The summed E-state index contributed by atoms with van der Waals surface area (Å²) in [7, 11) is 0. The molecule has 148 valence electrons. The van der Waals surface area contributed by atoms with Crippen molar-refractivity contribution >= 4 is 28.6 Å². The number of imidazole rings is 1. The third-order valence-corrected chi connectivity index (χ3v) is 6.79. The number of furan rings is 1. The average Bonchev–Trinajstić information content (AvgIpc) is 3.45. The molecule has 0 saturated carbocycles. The van der Waals surface area contributed by atoms with Crippen LogP contribution in [0.2, 0.25) is 0 Å². The predicted octanol–water partition coefficient (Wildman–Crippen LogP) is 2.85. The molecule has 6 rings (SSSR count). The van der Waals surface area contributed by atoms with Crippen LogP contribution in [-0.2, 0) is 4.79 Å². The first kappa shape index (κ1) is 17.3. The molecule has 1 aromatic carbocycles. The number of carbonyl (C=O) groups is 1. The number of para-hydroxylation sites is 2. The molecule has 0 spiro atoms. The summed E-state index contributed by atoms with van der Waals surface area (Å²) in [5.41, 5.74) is 10.5. The predicted molar refractivity (Wildman–Crippen MR) is 109 cm³/mol. The van der Waals surface area contributed by atoms with Crippen LogP contribution in [0.5, 0.6) is 0 Å². The van der Waals surface area contributed by atoms with Crippen molar-refractivity contribution in [3.8, 4) is 0 Å². The number of H-pyrrole nitrogens is 1. The van der Waals surface area contributed by atoms with Crippen LogP contribution in [0.15, 0.2) is 62.3 Å². The zero-order chi connectivity index (χ0) is 19.4. The highest BCUT2D eigenvalue weighted by molar-refractivity contribution is 7.99. The lowest BCUT2D eigenvalue weighted by Gasteiger charge is -2.38. The Morgan fingerprint density at radius 1 is 1.14 bits per heavy atom. The summed E-state index contributed by atoms with van der Waals surface area (Å²) < 4.78 is 6.25. The van der Waals surface area contributed by atoms with E-state index in [2.05, 4.69) is 26.1 Å². The number of aromatic amines is 1. The first-order valence-corrected chi connectivity index (χ1v) is 10.8. The van der Waals surface area contributed by atoms with Gasteiger partial charge in [0.05, 0.1) is 29.0 Å². The highest BCUT2D eigenvalue weighted by Crippen LogP contribution is 2.42. The van der Waals surface area contributed by atoms with Crippen LogP contribution in [0.25, 0.3) is 11.0 Å². The molecular weight excluding hydrogens is 386 g/mol. The first-order valence-electron chi connectivity index (χ1n) is 10.00. The van der Waals surface area contributed by atoms with Gasteiger partial charge < -0.3 is 14.7 Å². The molecule has 4 heterocycles. The van der Waals surface area contributed by atoms with Crippen molar-refractivity contribution in [1.82, 2.24) is 26.1 Å². The van der Waals surface area contributed by atoms with Crippen molar-refractivity contribution in [2.75, 3.05) is 6.54 Å². The molecule has 1 fully saturated rings. The lowest BCUT2D eigenvalue weighted by molar-refractivity contribution is -0.116. The number of fused-ring (bicyclic) bond motifs is 2. The van der Waals surface area contributed by atoms with Gasteiger partial charge in [-0.05, 0) is 48.9 Å². The molecular formula is C21H21N5O2S. The molecule has 3 unspecified atom stereocenters. The standard InChI is InChI=1S/C21H21N5O2S/c27-15-7-3-6-13-18(15)19(20-14(23-13)10-22-26-20)16-8-9-17(28-16)29-21-24-11-4-1-2-5-12(11)25-21/h1-2,4-5,8-9,14,19-20,22-23,26H,3,6-7,10H2,(H,24,25). The van der Waals surface area contributed by atoms with E-state index in [-0.39, 0.29) is 23.8 Å². The van der Waals surface area contributed by atoms with Crippen molar-refractivity contribution in [2.45, 2.75) is 47.5 Å². The molecule has 7 nitrogen and oxygen atoms in total. The molecule has 3 aliphatic rings. The molecule has 4 N–H and O–H groups in total. The smallest absolute Gasteiger partial charge is 0.174 e. The van der Waals surface area contributed by atoms with Gasteiger partial charge in [0.2, 0.25) is 0 Å². The second-order valence-electron chi connectivity index (χ2n) is 7.77. The molecule has 8 heteroatoms. The van der Waals surface area contributed by atoms with Crippen molar-refractivity contribution in [1.29, 1.82) is 0 Å². The van der Waals surface area contributed by atoms with E-state index in [0.29, 0.717) is 6.42 Å². The largest absolute Gasteiger partial charge is 0.454 e. The van der Waals surface area contributed by atoms with Crippen LogP contribution < -0.4 is 16.2 Å². The Balaban J connectivity index is 1.34. The van der Waals surface area contributed by atoms with Gasteiger partial charge >= 0.3 is 0 Å². The Hall–Kier alpha value is -2.55. The highest BCUT2D eigenvalue weighted by atomic mass is 32.2. The van der Waals surface area contributed by atoms with E-state index >= 15 is 0 Å². The topological polar surface area (TPSA) is 95.0 Å². The Morgan fingerprint density at radius 3 is 3.00 bits per heavy atom. The van der Waals surface area contributed by atoms with Gasteiger partial charge in [-0.2, -0.15) is 0 Å². The average molecular weight is 407 g/mol. The molecule has 2 aliphatic heterocycles. The van der Waals surface area contributed by atoms with Crippen LogP contribution in [0.4, 0.5) is 0 Å². The Morgan fingerprint density at radius 2 is 2.07 bits per heavy atom. The molecule has 2 aromatic heterocycles. The monoisotopic (exact) mass is 407 g/mol. The van der Waals surface area contributed by atoms with Crippen LogP contribution in [0, 0.1) is 0 Å². The zero-order valence-electron chi connectivity index (χ0n) is 15.7. The highest BCUT2D eigenvalue weighted by Gasteiger charge is 2.45. The van der Waals surface area contributed by atoms with Crippen LogP contribution in [0.3, 0.4) is 0 Å². The molecule has 29 heavy (non-hydrogen) atoms.